The van der Waals surface area contributed by atoms with Gasteiger partial charge >= 0.3 is 0 Å². The second kappa shape index (κ2) is 19.6. The number of allylic oxidation sites excluding steroid dienone is 3. The number of carbonyl (C=O) groups is 5. The van der Waals surface area contributed by atoms with Gasteiger partial charge < -0.3 is 95.5 Å². The highest BCUT2D eigenvalue weighted by Crippen LogP contribution is 2.42. The zero-order valence-electron chi connectivity index (χ0n) is 34.3. The van der Waals surface area contributed by atoms with E-state index < -0.39 is 161 Å². The third-order valence-corrected chi connectivity index (χ3v) is 11.2. The molecular weight excluding hydrogens is 900 g/mol. The molecule has 0 aromatic heterocycles. The zero-order chi connectivity index (χ0) is 49.4. The molecule has 0 bridgehead atoms. The highest BCUT2D eigenvalue weighted by atomic mass is 16.8. The average Bonchev–Trinajstić information content (AvgIpc) is 3.30. The fourth-order valence-corrected chi connectivity index (χ4v) is 7.40. The van der Waals surface area contributed by atoms with Gasteiger partial charge in [-0.2, -0.15) is 0 Å². The van der Waals surface area contributed by atoms with E-state index in [0.717, 1.165) is 18.2 Å². The predicted molar refractivity (Wildman–Crippen MR) is 216 cm³/mol. The van der Waals surface area contributed by atoms with Crippen molar-refractivity contribution < 1.29 is 120 Å². The molecule has 1 saturated carbocycles. The van der Waals surface area contributed by atoms with Gasteiger partial charge in [0.1, 0.15) is 88.8 Å². The average molecular weight is 945 g/mol. The van der Waals surface area contributed by atoms with Gasteiger partial charge in [-0.25, -0.2) is 0 Å². The van der Waals surface area contributed by atoms with Gasteiger partial charge in [0.25, 0.3) is 11.6 Å². The van der Waals surface area contributed by atoms with Gasteiger partial charge in [0.2, 0.25) is 23.1 Å². The monoisotopic (exact) mass is 944 g/mol. The molecule has 67 heavy (non-hydrogen) atoms. The number of Topliss-reactive ketones (excluding diaryl/α,β-unsaturated/α-hetero) is 5. The molecule has 24 heteroatoms. The molecule has 360 valence electrons. The Morgan fingerprint density at radius 2 is 0.970 bits per heavy atom. The smallest absolute Gasteiger partial charge is 0.299 e. The van der Waals surface area contributed by atoms with E-state index in [4.69, 9.17) is 18.9 Å². The number of ketones is 5. The van der Waals surface area contributed by atoms with Crippen LogP contribution < -0.4 is 0 Å². The largest absolute Gasteiger partial charge is 0.508 e. The highest BCUT2D eigenvalue weighted by Gasteiger charge is 2.64. The van der Waals surface area contributed by atoms with Gasteiger partial charge in [0, 0.05) is 5.57 Å². The maximum atomic E-state index is 14.4. The van der Waals surface area contributed by atoms with Crippen LogP contribution in [-0.2, 0) is 42.9 Å². The van der Waals surface area contributed by atoms with Crippen LogP contribution in [0.1, 0.15) is 17.5 Å². The van der Waals surface area contributed by atoms with Crippen LogP contribution in [-0.4, -0.2) is 192 Å². The summed E-state index contributed by atoms with van der Waals surface area (Å²) in [5, 5.41) is 159. The number of aliphatic hydroxyl groups is 13. The first-order valence-electron chi connectivity index (χ1n) is 19.9. The first kappa shape index (κ1) is 50.3. The molecule has 6 rings (SSSR count). The number of carbonyl (C=O) groups excluding carboxylic acids is 5. The lowest BCUT2D eigenvalue weighted by molar-refractivity contribution is -0.343. The predicted octanol–water partition coefficient (Wildman–Crippen LogP) is -3.85. The molecule has 2 aromatic rings. The topological polar surface area (TPSA) is 426 Å². The van der Waals surface area contributed by atoms with Gasteiger partial charge in [-0.3, -0.25) is 24.0 Å². The summed E-state index contributed by atoms with van der Waals surface area (Å²) in [5.74, 6) is -25.5. The van der Waals surface area contributed by atoms with Crippen molar-refractivity contribution in [1.29, 1.82) is 0 Å². The number of hydrogen-bond acceptors (Lipinski definition) is 24. The fourth-order valence-electron chi connectivity index (χ4n) is 7.40. The van der Waals surface area contributed by atoms with Crippen molar-refractivity contribution in [1.82, 2.24) is 0 Å². The minimum atomic E-state index is -4.10. The molecule has 0 amide bonds. The number of rotatable bonds is 12. The summed E-state index contributed by atoms with van der Waals surface area (Å²) in [7, 11) is 0. The van der Waals surface area contributed by atoms with Crippen LogP contribution in [0.2, 0.25) is 0 Å². The third-order valence-electron chi connectivity index (χ3n) is 11.2. The Hall–Kier alpha value is -6.07. The van der Waals surface area contributed by atoms with Crippen molar-refractivity contribution >= 4 is 41.1 Å². The Labute approximate surface area is 376 Å². The summed E-state index contributed by atoms with van der Waals surface area (Å²) in [6.45, 7) is -2.17. The molecule has 2 saturated heterocycles. The lowest BCUT2D eigenvalue weighted by atomic mass is 9.72. The summed E-state index contributed by atoms with van der Waals surface area (Å²) < 4.78 is 20.8. The first-order valence-corrected chi connectivity index (χ1v) is 19.9. The maximum absolute atomic E-state index is 14.4. The van der Waals surface area contributed by atoms with Crippen LogP contribution >= 0.6 is 0 Å². The fraction of sp³-hybridized carbons (Fsp3) is 0.372. The van der Waals surface area contributed by atoms with E-state index in [1.165, 1.54) is 48.5 Å². The van der Waals surface area contributed by atoms with Gasteiger partial charge in [0.15, 0.2) is 18.4 Å². The molecule has 24 nitrogen and oxygen atoms in total. The van der Waals surface area contributed by atoms with Crippen molar-refractivity contribution in [3.8, 4) is 11.5 Å². The second-order valence-corrected chi connectivity index (χ2v) is 15.6. The number of phenols is 2. The standard InChI is InChI=1S/C43H44O24/c44-14-24-30(52)32(54)34(56)40(64-24)66-42(62)36(58)20(28(50)26(38(42)60)22(48)11-5-16-1-7-18(46)8-2-16)13-21-29(51)27(23(49)12-6-17-3-9-19(47)10-4-17)39(61)43(63,37(21)59)67-41-35(57)33(55)31(53)25(15-45)65-41/h1-12,20,24-25,30-35,40-41,44-49,51-57,62-63H,13-15H2/b11-5+,12-6+,26-22?,27-23?/t20-,24+,25+,30+,31+,32-,33-,34+,35+,40-,41-,42+,43+/m0/s1. The van der Waals surface area contributed by atoms with E-state index in [-0.39, 0.29) is 22.6 Å². The molecule has 13 atom stereocenters. The molecule has 2 heterocycles. The molecule has 3 fully saturated rings. The van der Waals surface area contributed by atoms with E-state index >= 15 is 0 Å². The number of benzene rings is 2. The van der Waals surface area contributed by atoms with E-state index in [0.29, 0.717) is 6.08 Å². The molecule has 0 spiro atoms. The van der Waals surface area contributed by atoms with Crippen molar-refractivity contribution in [2.45, 2.75) is 79.4 Å². The molecular formula is C43H44O24. The van der Waals surface area contributed by atoms with Crippen LogP contribution in [0.3, 0.4) is 0 Å². The van der Waals surface area contributed by atoms with Crippen molar-refractivity contribution in [2.75, 3.05) is 13.2 Å². The van der Waals surface area contributed by atoms with Crippen LogP contribution in [0, 0.1) is 5.92 Å². The molecule has 0 unspecified atom stereocenters. The lowest BCUT2D eigenvalue weighted by Crippen LogP contribution is -2.66. The molecule has 2 aliphatic heterocycles. The van der Waals surface area contributed by atoms with Crippen molar-refractivity contribution in [2.24, 2.45) is 5.92 Å². The summed E-state index contributed by atoms with van der Waals surface area (Å²) >= 11 is 0. The van der Waals surface area contributed by atoms with E-state index in [9.17, 15) is 101 Å². The van der Waals surface area contributed by atoms with Gasteiger partial charge in [-0.15, -0.1) is 0 Å². The van der Waals surface area contributed by atoms with Crippen LogP contribution in [0.15, 0.2) is 94.7 Å². The second-order valence-electron chi connectivity index (χ2n) is 15.6. The molecule has 4 aliphatic rings. The number of aliphatic hydroxyl groups excluding tert-OH is 11. The Balaban J connectivity index is 1.50. The summed E-state index contributed by atoms with van der Waals surface area (Å²) in [6.07, 6.45) is -20.1. The van der Waals surface area contributed by atoms with E-state index in [1.807, 2.05) is 0 Å². The summed E-state index contributed by atoms with van der Waals surface area (Å²) in [6, 6.07) is 10.1. The SMILES string of the molecule is O=C1C(=C(O)/C=C/c2ccc(O)cc2)C(=O)[C@](O)(O[C@@H]2O[C@H](CO)[C@@H](O)[C@H](O)[C@H]2O)C(=O)[C@H]1CC1=C(O)C(=C(O)/C=C/c2ccc(O)cc2)C(=O)[C@](O)(O[C@@H]2O[C@H](CO)[C@@H](O)[C@H](O)[C@H]2O)C1=O. The quantitative estimate of drug-likeness (QED) is 0.0318. The van der Waals surface area contributed by atoms with Crippen LogP contribution in [0.5, 0.6) is 11.5 Å². The van der Waals surface area contributed by atoms with Gasteiger partial charge in [-0.05, 0) is 54.0 Å². The maximum Gasteiger partial charge on any atom is 0.299 e. The Kier molecular flexibility index (Phi) is 14.8. The molecule has 2 aromatic carbocycles. The Morgan fingerprint density at radius 3 is 1.40 bits per heavy atom. The summed E-state index contributed by atoms with van der Waals surface area (Å²) in [5.41, 5.74) is -3.85. The molecule has 2 aliphatic carbocycles. The number of ether oxygens (including phenoxy) is 4. The van der Waals surface area contributed by atoms with Gasteiger partial charge in [-0.1, -0.05) is 36.4 Å². The Bertz CT molecular complexity index is 2430. The number of phenolic OH excluding ortho intramolecular Hbond substituents is 2. The van der Waals surface area contributed by atoms with E-state index in [1.54, 1.807) is 0 Å². The third kappa shape index (κ3) is 9.44. The minimum Gasteiger partial charge on any atom is -0.508 e. The van der Waals surface area contributed by atoms with Crippen LogP contribution in [0.25, 0.3) is 12.2 Å². The first-order chi connectivity index (χ1) is 31.5. The highest BCUT2D eigenvalue weighted by molar-refractivity contribution is 6.38. The summed E-state index contributed by atoms with van der Waals surface area (Å²) in [4.78, 5) is 71.2. The number of aromatic hydroxyl groups is 2. The minimum absolute atomic E-state index is 0.181. The van der Waals surface area contributed by atoms with Crippen LogP contribution in [0.4, 0.5) is 0 Å². The van der Waals surface area contributed by atoms with Gasteiger partial charge in [0.05, 0.1) is 19.1 Å². The normalized spacial score (nSPS) is 35.8. The zero-order valence-corrected chi connectivity index (χ0v) is 34.3. The molecule has 0 radical (unpaired) electrons. The Morgan fingerprint density at radius 1 is 0.567 bits per heavy atom. The lowest BCUT2D eigenvalue weighted by Gasteiger charge is -2.43. The van der Waals surface area contributed by atoms with Crippen molar-refractivity contribution in [3.05, 3.63) is 106 Å². The van der Waals surface area contributed by atoms with Crippen molar-refractivity contribution in [3.63, 3.8) is 0 Å². The number of hydrogen-bond donors (Lipinski definition) is 15. The molecule has 15 N–H and O–H groups in total. The van der Waals surface area contributed by atoms with E-state index in [2.05, 4.69) is 0 Å².